The van der Waals surface area contributed by atoms with Crippen molar-refractivity contribution in [2.24, 2.45) is 0 Å². The number of rotatable bonds is 2. The van der Waals surface area contributed by atoms with Crippen LogP contribution in [-0.4, -0.2) is 10.2 Å². The molecule has 0 aliphatic carbocycles. The van der Waals surface area contributed by atoms with Crippen LogP contribution in [0.5, 0.6) is 0 Å². The first kappa shape index (κ1) is 13.1. The van der Waals surface area contributed by atoms with E-state index in [1.54, 1.807) is 24.3 Å². The summed E-state index contributed by atoms with van der Waals surface area (Å²) in [7, 11) is 0. The minimum atomic E-state index is -1.36. The van der Waals surface area contributed by atoms with Crippen LogP contribution in [0.2, 0.25) is 0 Å². The number of hydrogen-bond donors (Lipinski definition) is 2. The van der Waals surface area contributed by atoms with Crippen molar-refractivity contribution in [2.45, 2.75) is 6.84 Å². The van der Waals surface area contributed by atoms with Gasteiger partial charge >= 0.3 is 0 Å². The van der Waals surface area contributed by atoms with Gasteiger partial charge in [-0.3, -0.25) is 0 Å². The van der Waals surface area contributed by atoms with E-state index in [1.165, 1.54) is 0 Å². The van der Waals surface area contributed by atoms with Gasteiger partial charge in [-0.2, -0.15) is 0 Å². The van der Waals surface area contributed by atoms with Crippen LogP contribution in [-0.2, 0) is 6.84 Å². The van der Waals surface area contributed by atoms with Crippen molar-refractivity contribution in [3.8, 4) is 0 Å². The molecule has 6 heteroatoms. The Kier molecular flexibility index (Phi) is 4.23. The van der Waals surface area contributed by atoms with Crippen LogP contribution < -0.4 is 0 Å². The van der Waals surface area contributed by atoms with E-state index in [4.69, 9.17) is 0 Å². The molecule has 0 spiro atoms. The van der Waals surface area contributed by atoms with E-state index >= 15 is 0 Å². The summed E-state index contributed by atoms with van der Waals surface area (Å²) >= 11 is 12.2. The van der Waals surface area contributed by atoms with Crippen LogP contribution >= 0.6 is 63.7 Å². The molecule has 2 nitrogen and oxygen atoms in total. The molecular formula is C8H6Br4O2. The Morgan fingerprint density at radius 3 is 1.29 bits per heavy atom. The first-order chi connectivity index (χ1) is 6.23. The fourth-order valence-corrected chi connectivity index (χ4v) is 2.39. The molecule has 2 N–H and O–H groups in total. The zero-order valence-corrected chi connectivity index (χ0v) is 13.1. The molecule has 0 radical (unpaired) electrons. The van der Waals surface area contributed by atoms with Gasteiger partial charge in [0.1, 0.15) is 0 Å². The summed E-state index contributed by atoms with van der Waals surface area (Å²) in [6, 6.07) is 6.90. The van der Waals surface area contributed by atoms with Gasteiger partial charge in [-0.05, 0) is 63.7 Å². The third kappa shape index (κ3) is 3.28. The number of halogens is 4. The maximum absolute atomic E-state index is 9.71. The minimum Gasteiger partial charge on any atom is -0.366 e. The zero-order chi connectivity index (χ0) is 11.0. The van der Waals surface area contributed by atoms with Gasteiger partial charge in [-0.25, -0.2) is 0 Å². The summed E-state index contributed by atoms with van der Waals surface area (Å²) < 4.78 is -2.71. The highest BCUT2D eigenvalue weighted by Gasteiger charge is 2.32. The van der Waals surface area contributed by atoms with Crippen LogP contribution in [0.4, 0.5) is 0 Å². The van der Waals surface area contributed by atoms with E-state index < -0.39 is 6.84 Å². The van der Waals surface area contributed by atoms with Crippen LogP contribution in [0.1, 0.15) is 11.1 Å². The second-order valence-corrected chi connectivity index (χ2v) is 9.35. The average Bonchev–Trinajstić information content (AvgIpc) is 2.01. The van der Waals surface area contributed by atoms with Crippen molar-refractivity contribution >= 4 is 63.7 Å². The molecule has 0 unspecified atom stereocenters. The van der Waals surface area contributed by atoms with E-state index in [0.717, 1.165) is 0 Å². The van der Waals surface area contributed by atoms with Gasteiger partial charge in [0.25, 0.3) is 0 Å². The fraction of sp³-hybridized carbons (Fsp3) is 0.250. The van der Waals surface area contributed by atoms with Gasteiger partial charge in [-0.15, -0.1) is 0 Å². The zero-order valence-electron chi connectivity index (χ0n) is 6.72. The smallest absolute Gasteiger partial charge is 0.201 e. The normalized spacial score (nSPS) is 13.0. The van der Waals surface area contributed by atoms with Crippen molar-refractivity contribution < 1.29 is 10.2 Å². The highest BCUT2D eigenvalue weighted by atomic mass is 79.9. The van der Waals surface area contributed by atoms with Crippen molar-refractivity contribution in [1.29, 1.82) is 0 Å². The molecule has 0 aliphatic heterocycles. The lowest BCUT2D eigenvalue weighted by Gasteiger charge is -2.22. The first-order valence-corrected chi connectivity index (χ1v) is 6.70. The molecule has 1 aromatic rings. The monoisotopic (exact) mass is 450 g/mol. The Morgan fingerprint density at radius 2 is 1.07 bits per heavy atom. The quantitative estimate of drug-likeness (QED) is 0.673. The fourth-order valence-electron chi connectivity index (χ4n) is 1.01. The molecule has 14 heavy (non-hydrogen) atoms. The maximum atomic E-state index is 9.71. The Morgan fingerprint density at radius 1 is 0.786 bits per heavy atom. The molecule has 0 fully saturated rings. The molecular weight excluding hydrogens is 448 g/mol. The summed E-state index contributed by atoms with van der Waals surface area (Å²) in [6.45, 7) is 0. The number of hydrogen-bond acceptors (Lipinski definition) is 2. The lowest BCUT2D eigenvalue weighted by Crippen LogP contribution is -2.17. The van der Waals surface area contributed by atoms with E-state index in [9.17, 15) is 10.2 Å². The van der Waals surface area contributed by atoms with E-state index in [0.29, 0.717) is 11.1 Å². The molecule has 0 aliphatic rings. The second kappa shape index (κ2) is 4.51. The largest absolute Gasteiger partial charge is 0.366 e. The molecule has 0 heterocycles. The molecule has 0 atom stereocenters. The number of aliphatic hydroxyl groups is 2. The Hall–Kier alpha value is 1.06. The third-order valence-electron chi connectivity index (χ3n) is 1.58. The summed E-state index contributed by atoms with van der Waals surface area (Å²) in [6.07, 6.45) is 0. The Balaban J connectivity index is 3.31. The van der Waals surface area contributed by atoms with Crippen molar-refractivity contribution in [3.63, 3.8) is 0 Å². The maximum Gasteiger partial charge on any atom is 0.201 e. The SMILES string of the molecule is OC(Br)(Br)c1ccccc1C(O)(Br)Br. The molecule has 0 amide bonds. The van der Waals surface area contributed by atoms with Gasteiger partial charge in [0.2, 0.25) is 6.84 Å². The summed E-state index contributed by atoms with van der Waals surface area (Å²) in [5, 5.41) is 19.4. The summed E-state index contributed by atoms with van der Waals surface area (Å²) in [5.41, 5.74) is 1.02. The number of alkyl halides is 4. The predicted molar refractivity (Wildman–Crippen MR) is 69.9 cm³/mol. The predicted octanol–water partition coefficient (Wildman–Crippen LogP) is 3.47. The third-order valence-corrected chi connectivity index (χ3v) is 3.28. The summed E-state index contributed by atoms with van der Waals surface area (Å²) in [5.74, 6) is 0. The van der Waals surface area contributed by atoms with Crippen molar-refractivity contribution in [3.05, 3.63) is 35.4 Å². The van der Waals surface area contributed by atoms with Crippen LogP contribution in [0.3, 0.4) is 0 Å². The summed E-state index contributed by atoms with van der Waals surface area (Å²) in [4.78, 5) is 0. The van der Waals surface area contributed by atoms with Gasteiger partial charge in [0.05, 0.1) is 0 Å². The minimum absolute atomic E-state index is 0.510. The molecule has 0 bridgehead atoms. The van der Waals surface area contributed by atoms with Gasteiger partial charge in [0.15, 0.2) is 0 Å². The van der Waals surface area contributed by atoms with Crippen LogP contribution in [0.15, 0.2) is 24.3 Å². The van der Waals surface area contributed by atoms with Crippen LogP contribution in [0.25, 0.3) is 0 Å². The highest BCUT2D eigenvalue weighted by Crippen LogP contribution is 2.44. The first-order valence-electron chi connectivity index (χ1n) is 3.53. The van der Waals surface area contributed by atoms with Gasteiger partial charge in [0, 0.05) is 11.1 Å². The van der Waals surface area contributed by atoms with Gasteiger partial charge in [-0.1, -0.05) is 24.3 Å². The standard InChI is InChI=1S/C8H6Br4O2/c9-7(10,13)5-3-1-2-4-6(5)8(11,12)14/h1-4,13-14H. The van der Waals surface area contributed by atoms with Crippen molar-refractivity contribution in [1.82, 2.24) is 0 Å². The molecule has 1 rings (SSSR count). The van der Waals surface area contributed by atoms with Crippen LogP contribution in [0, 0.1) is 0 Å². The van der Waals surface area contributed by atoms with E-state index in [1.807, 2.05) is 0 Å². The van der Waals surface area contributed by atoms with Gasteiger partial charge < -0.3 is 10.2 Å². The topological polar surface area (TPSA) is 40.5 Å². The lowest BCUT2D eigenvalue weighted by molar-refractivity contribution is 0.226. The molecule has 0 aromatic heterocycles. The molecule has 78 valence electrons. The molecule has 0 saturated carbocycles. The number of benzene rings is 1. The average molecular weight is 454 g/mol. The lowest BCUT2D eigenvalue weighted by atomic mass is 10.1. The van der Waals surface area contributed by atoms with E-state index in [2.05, 4.69) is 63.7 Å². The van der Waals surface area contributed by atoms with E-state index in [-0.39, 0.29) is 0 Å². The molecule has 1 aromatic carbocycles. The highest BCUT2D eigenvalue weighted by molar-refractivity contribution is 9.25. The second-order valence-electron chi connectivity index (χ2n) is 2.63. The van der Waals surface area contributed by atoms with Crippen molar-refractivity contribution in [2.75, 3.05) is 0 Å². The molecule has 0 saturated heterocycles. The Bertz CT molecular complexity index is 294. The Labute approximate surface area is 115 Å².